The fourth-order valence-corrected chi connectivity index (χ4v) is 4.17. The lowest BCUT2D eigenvalue weighted by atomic mass is 10.0. The number of hydrogen-bond donors (Lipinski definition) is 11. The average Bonchev–Trinajstić information content (AvgIpc) is 3.04. The van der Waals surface area contributed by atoms with Gasteiger partial charge in [-0.25, -0.2) is 0 Å². The quantitative estimate of drug-likeness (QED) is 0.0577. The Kier molecular flexibility index (Phi) is 19.3. The molecule has 0 heterocycles. The summed E-state index contributed by atoms with van der Waals surface area (Å²) in [4.78, 5) is 62.9. The molecule has 0 aliphatic rings. The number of carbonyl (C=O) groups excluding carboxylic acids is 5. The topological polar surface area (TPSA) is 259 Å². The van der Waals surface area contributed by atoms with E-state index < -0.39 is 79.8 Å². The minimum absolute atomic E-state index is 0.00109. The minimum Gasteiger partial charge on any atom is -0.394 e. The predicted octanol–water partition coefficient (Wildman–Crippen LogP) is -3.83. The van der Waals surface area contributed by atoms with E-state index >= 15 is 0 Å². The molecule has 0 aromatic heterocycles. The van der Waals surface area contributed by atoms with Crippen LogP contribution in [0, 0.1) is 0 Å². The van der Waals surface area contributed by atoms with Crippen molar-refractivity contribution < 1.29 is 49.5 Å². The lowest BCUT2D eigenvalue weighted by Gasteiger charge is -2.26. The summed E-state index contributed by atoms with van der Waals surface area (Å²) in [7, 11) is 0. The third-order valence-corrected chi connectivity index (χ3v) is 6.70. The molecular formula is C30H50N6O10. The maximum Gasteiger partial charge on any atom is 0.243 e. The van der Waals surface area contributed by atoms with Crippen molar-refractivity contribution in [2.75, 3.05) is 32.8 Å². The summed E-state index contributed by atoms with van der Waals surface area (Å²) in [6, 6.07) is 6.87. The van der Waals surface area contributed by atoms with Crippen LogP contribution in [0.5, 0.6) is 0 Å². The maximum absolute atomic E-state index is 12.9. The third-order valence-electron chi connectivity index (χ3n) is 6.70. The molecule has 0 radical (unpaired) electrons. The summed E-state index contributed by atoms with van der Waals surface area (Å²) in [5.74, 6) is -2.75. The van der Waals surface area contributed by atoms with Crippen LogP contribution in [0.15, 0.2) is 30.3 Å². The van der Waals surface area contributed by atoms with E-state index in [0.29, 0.717) is 6.54 Å². The molecule has 0 saturated heterocycles. The van der Waals surface area contributed by atoms with Crippen molar-refractivity contribution in [3.05, 3.63) is 35.9 Å². The first-order chi connectivity index (χ1) is 21.8. The number of carbonyl (C=O) groups is 5. The van der Waals surface area contributed by atoms with Crippen molar-refractivity contribution in [3.8, 4) is 0 Å². The van der Waals surface area contributed by atoms with E-state index in [0.717, 1.165) is 12.0 Å². The van der Waals surface area contributed by atoms with Crippen LogP contribution in [0.2, 0.25) is 0 Å². The van der Waals surface area contributed by atoms with Gasteiger partial charge in [-0.3, -0.25) is 24.0 Å². The van der Waals surface area contributed by atoms with Crippen molar-refractivity contribution in [1.29, 1.82) is 0 Å². The molecule has 0 aliphatic carbocycles. The summed E-state index contributed by atoms with van der Waals surface area (Å²) in [5.41, 5.74) is 0.767. The Bertz CT molecular complexity index is 1090. The van der Waals surface area contributed by atoms with Crippen molar-refractivity contribution in [1.82, 2.24) is 31.9 Å². The van der Waals surface area contributed by atoms with E-state index in [-0.39, 0.29) is 37.8 Å². The van der Waals surface area contributed by atoms with Gasteiger partial charge < -0.3 is 57.4 Å². The van der Waals surface area contributed by atoms with E-state index in [2.05, 4.69) is 31.9 Å². The first-order valence-electron chi connectivity index (χ1n) is 15.3. The van der Waals surface area contributed by atoms with Gasteiger partial charge in [-0.05, 0) is 18.4 Å². The zero-order chi connectivity index (χ0) is 34.6. The van der Waals surface area contributed by atoms with Gasteiger partial charge in [0.05, 0.1) is 31.8 Å². The summed E-state index contributed by atoms with van der Waals surface area (Å²) >= 11 is 0. The number of nitrogens with one attached hydrogen (secondary N) is 6. The molecule has 0 fully saturated rings. The van der Waals surface area contributed by atoms with Crippen molar-refractivity contribution in [3.63, 3.8) is 0 Å². The first kappa shape index (κ1) is 40.4. The fourth-order valence-electron chi connectivity index (χ4n) is 4.17. The number of amides is 5. The molecule has 0 saturated carbocycles. The molecule has 0 spiro atoms. The number of aliphatic hydroxyl groups is 5. The molecule has 260 valence electrons. The molecule has 16 nitrogen and oxygen atoms in total. The average molecular weight is 655 g/mol. The maximum atomic E-state index is 12.9. The second kappa shape index (κ2) is 22.0. The normalized spacial score (nSPS) is 15.1. The van der Waals surface area contributed by atoms with Gasteiger partial charge in [0.25, 0.3) is 0 Å². The van der Waals surface area contributed by atoms with Crippen LogP contribution in [0.1, 0.15) is 45.6 Å². The second-order valence-corrected chi connectivity index (χ2v) is 11.1. The lowest BCUT2D eigenvalue weighted by Crippen LogP contribution is -2.53. The van der Waals surface area contributed by atoms with Crippen LogP contribution < -0.4 is 31.9 Å². The largest absolute Gasteiger partial charge is 0.394 e. The fraction of sp³-hybridized carbons (Fsp3) is 0.633. The van der Waals surface area contributed by atoms with Crippen LogP contribution in [-0.2, 0) is 30.4 Å². The Labute approximate surface area is 268 Å². The Morgan fingerprint density at radius 3 is 1.91 bits per heavy atom. The molecule has 46 heavy (non-hydrogen) atoms. The highest BCUT2D eigenvalue weighted by Crippen LogP contribution is 2.06. The molecule has 11 N–H and O–H groups in total. The zero-order valence-corrected chi connectivity index (χ0v) is 26.6. The zero-order valence-electron chi connectivity index (χ0n) is 26.6. The van der Waals surface area contributed by atoms with Crippen LogP contribution in [0.4, 0.5) is 0 Å². The number of rotatable bonds is 22. The summed E-state index contributed by atoms with van der Waals surface area (Å²) < 4.78 is 0. The monoisotopic (exact) mass is 654 g/mol. The van der Waals surface area contributed by atoms with Gasteiger partial charge in [0.15, 0.2) is 0 Å². The Morgan fingerprint density at radius 1 is 0.739 bits per heavy atom. The van der Waals surface area contributed by atoms with E-state index in [9.17, 15) is 44.4 Å². The highest BCUT2D eigenvalue weighted by molar-refractivity contribution is 5.92. The van der Waals surface area contributed by atoms with Gasteiger partial charge in [-0.15, -0.1) is 0 Å². The molecule has 1 aromatic carbocycles. The van der Waals surface area contributed by atoms with Crippen LogP contribution in [0.3, 0.4) is 0 Å². The molecule has 16 heteroatoms. The van der Waals surface area contributed by atoms with E-state index in [1.54, 1.807) is 38.1 Å². The minimum atomic E-state index is -1.84. The molecule has 5 amide bonds. The molecule has 0 unspecified atom stereocenters. The van der Waals surface area contributed by atoms with Gasteiger partial charge in [0, 0.05) is 32.0 Å². The van der Waals surface area contributed by atoms with Gasteiger partial charge in [-0.2, -0.15) is 0 Å². The lowest BCUT2D eigenvalue weighted by molar-refractivity contribution is -0.131. The first-order valence-corrected chi connectivity index (χ1v) is 15.3. The smallest absolute Gasteiger partial charge is 0.243 e. The molecular weight excluding hydrogens is 604 g/mol. The highest BCUT2D eigenvalue weighted by atomic mass is 16.4. The van der Waals surface area contributed by atoms with Gasteiger partial charge >= 0.3 is 0 Å². The summed E-state index contributed by atoms with van der Waals surface area (Å²) in [6.07, 6.45) is -6.30. The highest BCUT2D eigenvalue weighted by Gasteiger charge is 2.30. The Morgan fingerprint density at radius 2 is 1.33 bits per heavy atom. The standard InChI is InChI=1S/C30H50N6O10/c1-4-12-31-25(41)15-33-30(46)21(13-19-8-6-5-7-9-19)36-26(42)16-34-29(45)20(35-18(2)3)10-11-24(40)32-14-22(38)27(43)28(44)23(39)17-37/h5-9,18,20-23,27-28,35,37-39,43-44H,4,10-17H2,1-3H3,(H,31,41)(H,32,40)(H,33,46)(H,34,45)(H,36,42)/t20-,21-,22-,23+,27+,28+/m0/s1. The van der Waals surface area contributed by atoms with E-state index in [4.69, 9.17) is 5.11 Å². The van der Waals surface area contributed by atoms with Gasteiger partial charge in [-0.1, -0.05) is 51.1 Å². The third kappa shape index (κ3) is 16.1. The van der Waals surface area contributed by atoms with Gasteiger partial charge in [0.1, 0.15) is 24.4 Å². The molecule has 0 aliphatic heterocycles. The Balaban J connectivity index is 2.71. The summed E-state index contributed by atoms with van der Waals surface area (Å²) in [6.45, 7) is 3.89. The Hall–Kier alpha value is -3.67. The molecule has 1 aromatic rings. The second-order valence-electron chi connectivity index (χ2n) is 11.1. The van der Waals surface area contributed by atoms with Crippen molar-refractivity contribution >= 4 is 29.5 Å². The molecule has 6 atom stereocenters. The number of aliphatic hydroxyl groups excluding tert-OH is 5. The summed E-state index contributed by atoms with van der Waals surface area (Å²) in [5, 5.41) is 63.5. The van der Waals surface area contributed by atoms with Crippen LogP contribution >= 0.6 is 0 Å². The van der Waals surface area contributed by atoms with Gasteiger partial charge in [0.2, 0.25) is 29.5 Å². The van der Waals surface area contributed by atoms with E-state index in [1.165, 1.54) is 0 Å². The predicted molar refractivity (Wildman–Crippen MR) is 167 cm³/mol. The van der Waals surface area contributed by atoms with Crippen molar-refractivity contribution in [2.24, 2.45) is 0 Å². The number of benzene rings is 1. The van der Waals surface area contributed by atoms with E-state index in [1.807, 2.05) is 13.0 Å². The molecule has 0 bridgehead atoms. The van der Waals surface area contributed by atoms with Crippen LogP contribution in [-0.4, -0.2) is 130 Å². The number of hydrogen-bond acceptors (Lipinski definition) is 11. The SMILES string of the molecule is CCCNC(=O)CNC(=O)[C@H](Cc1ccccc1)NC(=O)CNC(=O)[C@H](CCC(=O)NC[C@H](O)[C@@H](O)[C@H](O)[C@H](O)CO)NC(C)C. The molecule has 1 rings (SSSR count). The van der Waals surface area contributed by atoms with Crippen molar-refractivity contribution in [2.45, 2.75) is 89.0 Å². The van der Waals surface area contributed by atoms with Crippen LogP contribution in [0.25, 0.3) is 0 Å².